The largest absolute Gasteiger partial charge is 0.390 e. The van der Waals surface area contributed by atoms with Crippen molar-refractivity contribution >= 4 is 11.6 Å². The third-order valence-corrected chi connectivity index (χ3v) is 8.31. The maximum atomic E-state index is 12.3. The molecule has 7 unspecified atom stereocenters. The molecule has 0 saturated heterocycles. The molecule has 136 valence electrons. The van der Waals surface area contributed by atoms with Gasteiger partial charge in [0.15, 0.2) is 17.2 Å². The number of hydrogen-bond donors (Lipinski definition) is 2. The van der Waals surface area contributed by atoms with E-state index in [1.54, 1.807) is 12.2 Å². The molecule has 3 fully saturated rings. The Balaban J connectivity index is 1.74. The van der Waals surface area contributed by atoms with E-state index in [1.807, 2.05) is 6.92 Å². The molecule has 4 nitrogen and oxygen atoms in total. The molecule has 4 heteroatoms. The monoisotopic (exact) mass is 344 g/mol. The van der Waals surface area contributed by atoms with E-state index in [-0.39, 0.29) is 22.9 Å². The molecule has 0 aliphatic heterocycles. The van der Waals surface area contributed by atoms with Gasteiger partial charge in [0.2, 0.25) is 0 Å². The second-order valence-corrected chi connectivity index (χ2v) is 9.13. The SMILES string of the molecule is CC(=O)C1(O)C(O)CC2C3CCC4=CC(=O)C=CC4(C)C3CCC21C. The Hall–Kier alpha value is -1.26. The summed E-state index contributed by atoms with van der Waals surface area (Å²) in [5.74, 6) is 0.667. The molecule has 25 heavy (non-hydrogen) atoms. The molecule has 4 aliphatic rings. The van der Waals surface area contributed by atoms with Crippen LogP contribution in [0.4, 0.5) is 0 Å². The van der Waals surface area contributed by atoms with Gasteiger partial charge < -0.3 is 10.2 Å². The molecule has 0 amide bonds. The van der Waals surface area contributed by atoms with E-state index < -0.39 is 17.1 Å². The smallest absolute Gasteiger partial charge is 0.178 e. The zero-order valence-electron chi connectivity index (χ0n) is 15.3. The molecule has 7 atom stereocenters. The van der Waals surface area contributed by atoms with Gasteiger partial charge in [-0.1, -0.05) is 25.5 Å². The normalized spacial score (nSPS) is 51.4. The third-order valence-electron chi connectivity index (χ3n) is 8.31. The molecule has 0 aromatic heterocycles. The van der Waals surface area contributed by atoms with E-state index in [4.69, 9.17) is 0 Å². The van der Waals surface area contributed by atoms with Crippen molar-refractivity contribution in [1.29, 1.82) is 0 Å². The minimum atomic E-state index is -1.63. The molecule has 2 N–H and O–H groups in total. The van der Waals surface area contributed by atoms with E-state index >= 15 is 0 Å². The topological polar surface area (TPSA) is 74.6 Å². The fraction of sp³-hybridized carbons (Fsp3) is 0.714. The van der Waals surface area contributed by atoms with Crippen molar-refractivity contribution in [1.82, 2.24) is 0 Å². The van der Waals surface area contributed by atoms with Gasteiger partial charge in [-0.2, -0.15) is 0 Å². The summed E-state index contributed by atoms with van der Waals surface area (Å²) in [6.07, 6.45) is 8.57. The molecular weight excluding hydrogens is 316 g/mol. The zero-order valence-corrected chi connectivity index (χ0v) is 15.3. The van der Waals surface area contributed by atoms with Crippen molar-refractivity contribution < 1.29 is 19.8 Å². The molecule has 0 radical (unpaired) electrons. The number of fused-ring (bicyclic) bond motifs is 5. The lowest BCUT2D eigenvalue weighted by molar-refractivity contribution is -0.172. The number of ketones is 2. The van der Waals surface area contributed by atoms with Crippen molar-refractivity contribution in [2.45, 2.75) is 64.6 Å². The van der Waals surface area contributed by atoms with E-state index in [2.05, 4.69) is 13.0 Å². The molecular formula is C21H28O4. The maximum absolute atomic E-state index is 12.3. The van der Waals surface area contributed by atoms with Crippen LogP contribution < -0.4 is 0 Å². The van der Waals surface area contributed by atoms with Gasteiger partial charge in [0.25, 0.3) is 0 Å². The predicted molar refractivity (Wildman–Crippen MR) is 93.6 cm³/mol. The molecule has 0 aromatic rings. The van der Waals surface area contributed by atoms with Crippen LogP contribution in [0.5, 0.6) is 0 Å². The summed E-state index contributed by atoms with van der Waals surface area (Å²) >= 11 is 0. The lowest BCUT2D eigenvalue weighted by atomic mass is 9.47. The molecule has 0 spiro atoms. The van der Waals surface area contributed by atoms with Gasteiger partial charge in [-0.05, 0) is 68.9 Å². The van der Waals surface area contributed by atoms with Crippen molar-refractivity contribution in [3.63, 3.8) is 0 Å². The van der Waals surface area contributed by atoms with E-state index in [0.29, 0.717) is 18.3 Å². The highest BCUT2D eigenvalue weighted by atomic mass is 16.4. The second kappa shape index (κ2) is 5.14. The quantitative estimate of drug-likeness (QED) is 0.767. The molecule has 0 bridgehead atoms. The van der Waals surface area contributed by atoms with Crippen molar-refractivity contribution in [2.24, 2.45) is 28.6 Å². The first-order valence-corrected chi connectivity index (χ1v) is 9.50. The third kappa shape index (κ3) is 1.95. The number of carbonyl (C=O) groups is 2. The Kier molecular flexibility index (Phi) is 3.53. The van der Waals surface area contributed by atoms with Crippen LogP contribution in [0.15, 0.2) is 23.8 Å². The molecule has 3 saturated carbocycles. The van der Waals surface area contributed by atoms with Crippen LogP contribution in [0.1, 0.15) is 52.9 Å². The summed E-state index contributed by atoms with van der Waals surface area (Å²) in [6.45, 7) is 5.63. The number of allylic oxidation sites excluding steroid dienone is 4. The summed E-state index contributed by atoms with van der Waals surface area (Å²) in [4.78, 5) is 24.0. The lowest BCUT2D eigenvalue weighted by Gasteiger charge is -2.57. The van der Waals surface area contributed by atoms with Gasteiger partial charge in [0.1, 0.15) is 0 Å². The van der Waals surface area contributed by atoms with Crippen LogP contribution >= 0.6 is 0 Å². The summed E-state index contributed by atoms with van der Waals surface area (Å²) in [5, 5.41) is 21.7. The van der Waals surface area contributed by atoms with Gasteiger partial charge in [0.05, 0.1) is 6.10 Å². The van der Waals surface area contributed by atoms with Crippen LogP contribution in [0.2, 0.25) is 0 Å². The average molecular weight is 344 g/mol. The number of hydrogen-bond acceptors (Lipinski definition) is 4. The van der Waals surface area contributed by atoms with Crippen molar-refractivity contribution in [3.8, 4) is 0 Å². The van der Waals surface area contributed by atoms with Crippen molar-refractivity contribution in [2.75, 3.05) is 0 Å². The summed E-state index contributed by atoms with van der Waals surface area (Å²) in [7, 11) is 0. The van der Waals surface area contributed by atoms with Gasteiger partial charge in [-0.3, -0.25) is 9.59 Å². The first-order chi connectivity index (χ1) is 11.6. The Morgan fingerprint density at radius 1 is 1.24 bits per heavy atom. The lowest BCUT2D eigenvalue weighted by Crippen LogP contribution is -2.59. The molecule has 4 rings (SSSR count). The first kappa shape index (κ1) is 17.2. The molecule has 0 aromatic carbocycles. The molecule has 4 aliphatic carbocycles. The number of carbonyl (C=O) groups excluding carboxylic acids is 2. The van der Waals surface area contributed by atoms with E-state index in [0.717, 1.165) is 25.7 Å². The zero-order chi connectivity index (χ0) is 18.2. The predicted octanol–water partition coefficient (Wildman–Crippen LogP) is 2.59. The summed E-state index contributed by atoms with van der Waals surface area (Å²) < 4.78 is 0. The number of Topliss-reactive ketones (excluding diaryl/α,β-unsaturated/α-hetero) is 1. The van der Waals surface area contributed by atoms with Crippen LogP contribution in [0.3, 0.4) is 0 Å². The van der Waals surface area contributed by atoms with Crippen molar-refractivity contribution in [3.05, 3.63) is 23.8 Å². The minimum Gasteiger partial charge on any atom is -0.390 e. The standard InChI is InChI=1S/C21H28O4/c1-12(22)21(25)18(24)11-17-15-5-4-13-10-14(23)6-8-19(13,2)16(15)7-9-20(17,21)3/h6,8,10,15-18,24-25H,4-5,7,9,11H2,1-3H3. The maximum Gasteiger partial charge on any atom is 0.178 e. The van der Waals surface area contributed by atoms with Gasteiger partial charge in [0, 0.05) is 10.8 Å². The molecule has 0 heterocycles. The highest BCUT2D eigenvalue weighted by Crippen LogP contribution is 2.67. The fourth-order valence-electron chi connectivity index (χ4n) is 6.85. The summed E-state index contributed by atoms with van der Waals surface area (Å²) in [6, 6.07) is 0. The number of aliphatic hydroxyl groups is 2. The Bertz CT molecular complexity index is 707. The Morgan fingerprint density at radius 3 is 2.64 bits per heavy atom. The van der Waals surface area contributed by atoms with Gasteiger partial charge in [-0.15, -0.1) is 0 Å². The van der Waals surface area contributed by atoms with Gasteiger partial charge >= 0.3 is 0 Å². The highest BCUT2D eigenvalue weighted by molar-refractivity contribution is 6.01. The summed E-state index contributed by atoms with van der Waals surface area (Å²) in [5.41, 5.74) is -1.08. The van der Waals surface area contributed by atoms with E-state index in [9.17, 15) is 19.8 Å². The van der Waals surface area contributed by atoms with Crippen LogP contribution in [-0.4, -0.2) is 33.5 Å². The second-order valence-electron chi connectivity index (χ2n) is 9.13. The Labute approximate surface area is 149 Å². The van der Waals surface area contributed by atoms with Crippen LogP contribution in [0, 0.1) is 28.6 Å². The average Bonchev–Trinajstić information content (AvgIpc) is 2.77. The first-order valence-electron chi connectivity index (χ1n) is 9.50. The highest BCUT2D eigenvalue weighted by Gasteiger charge is 2.68. The van der Waals surface area contributed by atoms with E-state index in [1.165, 1.54) is 12.5 Å². The van der Waals surface area contributed by atoms with Crippen LogP contribution in [-0.2, 0) is 9.59 Å². The van der Waals surface area contributed by atoms with Crippen LogP contribution in [0.25, 0.3) is 0 Å². The minimum absolute atomic E-state index is 0.0776. The number of aliphatic hydroxyl groups excluding tert-OH is 1. The fourth-order valence-corrected chi connectivity index (χ4v) is 6.85. The van der Waals surface area contributed by atoms with Gasteiger partial charge in [-0.25, -0.2) is 0 Å². The Morgan fingerprint density at radius 2 is 1.96 bits per heavy atom. The number of rotatable bonds is 1.